The first-order valence-corrected chi connectivity index (χ1v) is 9.64. The second-order valence-corrected chi connectivity index (χ2v) is 7.26. The van der Waals surface area contributed by atoms with Gasteiger partial charge in [0.05, 0.1) is 12.1 Å². The molecule has 2 aromatic carbocycles. The van der Waals surface area contributed by atoms with Gasteiger partial charge in [-0.1, -0.05) is 36.4 Å². The van der Waals surface area contributed by atoms with E-state index in [9.17, 15) is 18.3 Å². The van der Waals surface area contributed by atoms with E-state index in [4.69, 9.17) is 11.6 Å². The first kappa shape index (κ1) is 21.1. The molecular weight excluding hydrogens is 431 g/mol. The molecule has 0 atom stereocenters. The lowest BCUT2D eigenvalue weighted by molar-refractivity contribution is -0.140. The summed E-state index contributed by atoms with van der Waals surface area (Å²) in [4.78, 5) is 12.1. The number of rotatable bonds is 5. The summed E-state index contributed by atoms with van der Waals surface area (Å²) in [5.74, 6) is 0.718. The van der Waals surface area contributed by atoms with Crippen molar-refractivity contribution in [2.24, 2.45) is 7.05 Å². The molecule has 6 nitrogen and oxygen atoms in total. The van der Waals surface area contributed by atoms with E-state index in [-0.39, 0.29) is 17.7 Å². The number of fused-ring (bicyclic) bond motifs is 1. The lowest BCUT2D eigenvalue weighted by Crippen LogP contribution is -2.05. The summed E-state index contributed by atoms with van der Waals surface area (Å²) in [6.45, 7) is 0.214. The molecule has 31 heavy (non-hydrogen) atoms. The van der Waals surface area contributed by atoms with E-state index in [1.54, 1.807) is 42.5 Å². The summed E-state index contributed by atoms with van der Waals surface area (Å²) >= 11 is 6.02. The molecule has 0 fully saturated rings. The number of hydrogen-bond acceptors (Lipinski definition) is 5. The summed E-state index contributed by atoms with van der Waals surface area (Å²) < 4.78 is 40.0. The normalized spacial score (nSPS) is 11.8. The molecule has 4 rings (SSSR count). The van der Waals surface area contributed by atoms with Crippen LogP contribution < -0.4 is 5.32 Å². The number of benzene rings is 2. The number of hydrogen-bond donors (Lipinski definition) is 2. The van der Waals surface area contributed by atoms with Gasteiger partial charge in [-0.05, 0) is 28.8 Å². The van der Waals surface area contributed by atoms with E-state index in [0.717, 1.165) is 11.8 Å². The number of imidazole rings is 1. The van der Waals surface area contributed by atoms with E-state index in [1.807, 2.05) is 0 Å². The molecule has 0 unspecified atom stereocenters. The van der Waals surface area contributed by atoms with Gasteiger partial charge in [0.2, 0.25) is 5.28 Å². The number of aryl methyl sites for hydroxylation is 1. The van der Waals surface area contributed by atoms with Gasteiger partial charge in [0.1, 0.15) is 11.6 Å². The van der Waals surface area contributed by atoms with Gasteiger partial charge in [0.15, 0.2) is 5.69 Å². The minimum atomic E-state index is -4.49. The van der Waals surface area contributed by atoms with Crippen LogP contribution in [0.25, 0.3) is 22.3 Å². The third-order valence-corrected chi connectivity index (χ3v) is 4.96. The smallest absolute Gasteiger partial charge is 0.392 e. The summed E-state index contributed by atoms with van der Waals surface area (Å²) in [5, 5.41) is 13.6. The van der Waals surface area contributed by atoms with Crippen LogP contribution in [-0.4, -0.2) is 24.6 Å². The van der Waals surface area contributed by atoms with Crippen LogP contribution in [0, 0.1) is 0 Å². The number of aliphatic hydroxyl groups excluding tert-OH is 1. The fourth-order valence-electron chi connectivity index (χ4n) is 3.31. The quantitative estimate of drug-likeness (QED) is 0.429. The highest BCUT2D eigenvalue weighted by atomic mass is 35.5. The summed E-state index contributed by atoms with van der Waals surface area (Å²) in [7, 11) is 1.52. The first-order valence-electron chi connectivity index (χ1n) is 9.26. The van der Waals surface area contributed by atoms with Gasteiger partial charge in [-0.3, -0.25) is 0 Å². The van der Waals surface area contributed by atoms with Crippen LogP contribution >= 0.6 is 11.6 Å². The van der Waals surface area contributed by atoms with Gasteiger partial charge in [0.25, 0.3) is 0 Å². The number of anilines is 1. The molecule has 0 saturated carbocycles. The maximum absolute atomic E-state index is 12.9. The van der Waals surface area contributed by atoms with E-state index < -0.39 is 11.9 Å². The van der Waals surface area contributed by atoms with Crippen LogP contribution in [0.1, 0.15) is 16.8 Å². The van der Waals surface area contributed by atoms with Crippen molar-refractivity contribution >= 4 is 28.3 Å². The molecule has 0 saturated heterocycles. The molecule has 0 aliphatic heterocycles. The second-order valence-electron chi connectivity index (χ2n) is 6.92. The molecule has 0 amide bonds. The molecule has 10 heteroatoms. The predicted octanol–water partition coefficient (Wildman–Crippen LogP) is 4.81. The molecular formula is C21H17ClF3N5O. The van der Waals surface area contributed by atoms with Crippen LogP contribution in [0.15, 0.2) is 48.7 Å². The van der Waals surface area contributed by atoms with Crippen molar-refractivity contribution in [2.75, 3.05) is 5.32 Å². The highest BCUT2D eigenvalue weighted by molar-refractivity contribution is 6.28. The summed E-state index contributed by atoms with van der Waals surface area (Å²) in [5.41, 5.74) is 1.79. The van der Waals surface area contributed by atoms with Crippen molar-refractivity contribution in [3.8, 4) is 11.4 Å². The van der Waals surface area contributed by atoms with Crippen LogP contribution in [0.3, 0.4) is 0 Å². The van der Waals surface area contributed by atoms with Crippen molar-refractivity contribution in [1.29, 1.82) is 0 Å². The molecule has 2 N–H and O–H groups in total. The average Bonchev–Trinajstić information content (AvgIpc) is 3.14. The fourth-order valence-corrected chi connectivity index (χ4v) is 3.49. The zero-order valence-electron chi connectivity index (χ0n) is 16.3. The van der Waals surface area contributed by atoms with Crippen molar-refractivity contribution in [2.45, 2.75) is 19.3 Å². The Bertz CT molecular complexity index is 1240. The maximum atomic E-state index is 12.9. The van der Waals surface area contributed by atoms with Gasteiger partial charge < -0.3 is 15.0 Å². The molecule has 0 spiro atoms. The number of halogens is 4. The zero-order chi connectivity index (χ0) is 22.2. The Morgan fingerprint density at radius 2 is 1.81 bits per heavy atom. The number of aromatic nitrogens is 4. The van der Waals surface area contributed by atoms with E-state index in [0.29, 0.717) is 34.4 Å². The number of nitrogens with one attached hydrogen (secondary N) is 1. The van der Waals surface area contributed by atoms with Crippen molar-refractivity contribution in [3.63, 3.8) is 0 Å². The van der Waals surface area contributed by atoms with E-state index in [1.165, 1.54) is 11.6 Å². The molecule has 2 heterocycles. The van der Waals surface area contributed by atoms with Crippen LogP contribution in [0.2, 0.25) is 5.28 Å². The summed E-state index contributed by atoms with van der Waals surface area (Å²) in [6.07, 6.45) is -3.53. The van der Waals surface area contributed by atoms with Crippen molar-refractivity contribution in [1.82, 2.24) is 19.5 Å². The summed E-state index contributed by atoms with van der Waals surface area (Å²) in [6, 6.07) is 12.4. The Hall–Kier alpha value is -3.17. The average molecular weight is 448 g/mol. The lowest BCUT2D eigenvalue weighted by atomic mass is 10.1. The molecule has 0 bridgehead atoms. The molecule has 0 radical (unpaired) electrons. The largest absolute Gasteiger partial charge is 0.434 e. The Labute approximate surface area is 180 Å². The van der Waals surface area contributed by atoms with Gasteiger partial charge in [-0.2, -0.15) is 13.2 Å². The fraction of sp³-hybridized carbons (Fsp3) is 0.190. The molecule has 0 aliphatic rings. The third kappa shape index (κ3) is 4.33. The zero-order valence-corrected chi connectivity index (χ0v) is 17.0. The lowest BCUT2D eigenvalue weighted by Gasteiger charge is -2.12. The van der Waals surface area contributed by atoms with Crippen LogP contribution in [0.4, 0.5) is 19.0 Å². The second kappa shape index (κ2) is 8.16. The van der Waals surface area contributed by atoms with Crippen molar-refractivity contribution in [3.05, 3.63) is 70.8 Å². The SMILES string of the molecule is Cn1cc(C(F)(F)F)nc1-c1ccc(CNc2nc(Cl)nc3cccc(CO)c23)cc1. The van der Waals surface area contributed by atoms with E-state index >= 15 is 0 Å². The first-order chi connectivity index (χ1) is 14.8. The number of alkyl halides is 3. The number of aliphatic hydroxyl groups is 1. The maximum Gasteiger partial charge on any atom is 0.434 e. The Kier molecular flexibility index (Phi) is 5.55. The molecule has 160 valence electrons. The van der Waals surface area contributed by atoms with Gasteiger partial charge in [-0.25, -0.2) is 15.0 Å². The minimum Gasteiger partial charge on any atom is -0.392 e. The molecule has 4 aromatic rings. The Balaban J connectivity index is 1.57. The van der Waals surface area contributed by atoms with E-state index in [2.05, 4.69) is 20.3 Å². The number of nitrogens with zero attached hydrogens (tertiary/aromatic N) is 4. The van der Waals surface area contributed by atoms with Gasteiger partial charge in [0, 0.05) is 30.7 Å². The monoisotopic (exact) mass is 447 g/mol. The Morgan fingerprint density at radius 1 is 1.06 bits per heavy atom. The minimum absolute atomic E-state index is 0.0793. The molecule has 0 aliphatic carbocycles. The Morgan fingerprint density at radius 3 is 2.45 bits per heavy atom. The third-order valence-electron chi connectivity index (χ3n) is 4.79. The van der Waals surface area contributed by atoms with Crippen LogP contribution in [-0.2, 0) is 26.4 Å². The predicted molar refractivity (Wildman–Crippen MR) is 111 cm³/mol. The topological polar surface area (TPSA) is 75.9 Å². The van der Waals surface area contributed by atoms with Crippen LogP contribution in [0.5, 0.6) is 0 Å². The van der Waals surface area contributed by atoms with Gasteiger partial charge >= 0.3 is 6.18 Å². The standard InChI is InChI=1S/C21H17ClF3N5O/c1-30-10-16(21(23,24)25)28-19(30)13-7-5-12(6-8-13)9-26-18-17-14(11-31)3-2-4-15(17)27-20(22)29-18/h2-8,10,31H,9,11H2,1H3,(H,26,27,29). The van der Waals surface area contributed by atoms with Crippen molar-refractivity contribution < 1.29 is 18.3 Å². The molecule has 2 aromatic heterocycles. The highest BCUT2D eigenvalue weighted by Crippen LogP contribution is 2.31. The van der Waals surface area contributed by atoms with Gasteiger partial charge in [-0.15, -0.1) is 0 Å². The highest BCUT2D eigenvalue weighted by Gasteiger charge is 2.34.